The van der Waals surface area contributed by atoms with E-state index in [1.54, 1.807) is 7.05 Å². The van der Waals surface area contributed by atoms with Crippen LogP contribution in [0.1, 0.15) is 11.7 Å². The van der Waals surface area contributed by atoms with E-state index in [1.807, 2.05) is 0 Å². The first kappa shape index (κ1) is 12.4. The van der Waals surface area contributed by atoms with Crippen LogP contribution >= 0.6 is 11.6 Å². The van der Waals surface area contributed by atoms with E-state index >= 15 is 0 Å². The second-order valence-electron chi connectivity index (χ2n) is 3.31. The van der Waals surface area contributed by atoms with Gasteiger partial charge in [0.15, 0.2) is 0 Å². The summed E-state index contributed by atoms with van der Waals surface area (Å²) >= 11 is 5.87. The lowest BCUT2D eigenvalue weighted by atomic mass is 10.2. The minimum absolute atomic E-state index is 0.122. The predicted molar refractivity (Wildman–Crippen MR) is 58.0 cm³/mol. The lowest BCUT2D eigenvalue weighted by Gasteiger charge is -2.15. The van der Waals surface area contributed by atoms with Gasteiger partial charge in [-0.2, -0.15) is 5.10 Å². The third kappa shape index (κ3) is 3.16. The van der Waals surface area contributed by atoms with Crippen LogP contribution in [0.15, 0.2) is 6.20 Å². The maximum atomic E-state index is 11.2. The van der Waals surface area contributed by atoms with Crippen LogP contribution in [0.2, 0.25) is 5.02 Å². The Morgan fingerprint density at radius 1 is 1.73 bits per heavy atom. The first-order valence-electron chi connectivity index (χ1n) is 4.16. The van der Waals surface area contributed by atoms with Gasteiger partial charge >= 0.3 is 0 Å². The Labute approximate surface area is 93.3 Å². The summed E-state index contributed by atoms with van der Waals surface area (Å²) in [7, 11) is -1.46. The van der Waals surface area contributed by atoms with Crippen molar-refractivity contribution in [2.45, 2.75) is 6.04 Å². The Kier molecular flexibility index (Phi) is 3.72. The highest BCUT2D eigenvalue weighted by Crippen LogP contribution is 2.22. The maximum absolute atomic E-state index is 11.2. The maximum Gasteiger partial charge on any atom is 0.149 e. The van der Waals surface area contributed by atoms with Gasteiger partial charge in [-0.3, -0.25) is 16.0 Å². The second-order valence-corrected chi connectivity index (χ2v) is 5.91. The summed E-state index contributed by atoms with van der Waals surface area (Å²) in [6.45, 7) is 0. The lowest BCUT2D eigenvalue weighted by molar-refractivity contribution is 0.533. The number of hydrogen-bond donors (Lipinski definition) is 2. The molecule has 1 rings (SSSR count). The molecule has 1 aromatic rings. The summed E-state index contributed by atoms with van der Waals surface area (Å²) in [6, 6.07) is -0.556. The Morgan fingerprint density at radius 3 is 2.67 bits per heavy atom. The molecule has 15 heavy (non-hydrogen) atoms. The normalized spacial score (nSPS) is 14.1. The van der Waals surface area contributed by atoms with Crippen molar-refractivity contribution in [3.63, 3.8) is 0 Å². The summed E-state index contributed by atoms with van der Waals surface area (Å²) in [5.41, 5.74) is 2.98. The number of nitrogens with one attached hydrogen (secondary N) is 1. The van der Waals surface area contributed by atoms with Crippen LogP contribution in [0.25, 0.3) is 0 Å². The van der Waals surface area contributed by atoms with Gasteiger partial charge in [0.05, 0.1) is 28.7 Å². The van der Waals surface area contributed by atoms with Crippen LogP contribution in [0.3, 0.4) is 0 Å². The number of nitrogens with zero attached hydrogens (tertiary/aromatic N) is 2. The molecule has 0 saturated carbocycles. The largest absolute Gasteiger partial charge is 0.271 e. The number of sulfone groups is 1. The van der Waals surface area contributed by atoms with Crippen molar-refractivity contribution in [1.82, 2.24) is 15.2 Å². The third-order valence-corrected chi connectivity index (χ3v) is 3.17. The van der Waals surface area contributed by atoms with E-state index in [0.717, 1.165) is 6.26 Å². The highest BCUT2D eigenvalue weighted by molar-refractivity contribution is 7.90. The average Bonchev–Trinajstić information content (AvgIpc) is 2.41. The fourth-order valence-electron chi connectivity index (χ4n) is 1.32. The number of rotatable bonds is 4. The van der Waals surface area contributed by atoms with Crippen LogP contribution in [0.4, 0.5) is 0 Å². The molecule has 0 amide bonds. The Balaban J connectivity index is 3.03. The fraction of sp³-hybridized carbons (Fsp3) is 0.571. The van der Waals surface area contributed by atoms with E-state index in [1.165, 1.54) is 10.9 Å². The zero-order valence-electron chi connectivity index (χ0n) is 8.44. The molecule has 0 spiro atoms. The van der Waals surface area contributed by atoms with Gasteiger partial charge in [-0.25, -0.2) is 8.42 Å². The van der Waals surface area contributed by atoms with Gasteiger partial charge in [-0.05, 0) is 0 Å². The molecule has 0 saturated heterocycles. The lowest BCUT2D eigenvalue weighted by Crippen LogP contribution is -2.34. The number of hydrogen-bond acceptors (Lipinski definition) is 5. The molecule has 86 valence electrons. The Hall–Kier alpha value is -0.630. The van der Waals surface area contributed by atoms with Gasteiger partial charge in [-0.15, -0.1) is 0 Å². The molecule has 0 aliphatic carbocycles. The minimum Gasteiger partial charge on any atom is -0.271 e. The molecule has 1 atom stereocenters. The van der Waals surface area contributed by atoms with Gasteiger partial charge < -0.3 is 0 Å². The molecule has 8 heteroatoms. The molecule has 0 bridgehead atoms. The quantitative estimate of drug-likeness (QED) is 0.563. The molecule has 0 aliphatic heterocycles. The van der Waals surface area contributed by atoms with Crippen molar-refractivity contribution in [1.29, 1.82) is 0 Å². The summed E-state index contributed by atoms with van der Waals surface area (Å²) < 4.78 is 23.8. The van der Waals surface area contributed by atoms with Gasteiger partial charge in [0.1, 0.15) is 9.84 Å². The predicted octanol–water partition coefficient (Wildman–Crippen LogP) is -0.377. The molecule has 0 radical (unpaired) electrons. The molecule has 6 nitrogen and oxygen atoms in total. The van der Waals surface area contributed by atoms with Crippen LogP contribution in [-0.2, 0) is 16.9 Å². The van der Waals surface area contributed by atoms with Crippen LogP contribution in [0, 0.1) is 0 Å². The summed E-state index contributed by atoms with van der Waals surface area (Å²) in [6.07, 6.45) is 2.59. The highest BCUT2D eigenvalue weighted by atomic mass is 35.5. The van der Waals surface area contributed by atoms with E-state index in [2.05, 4.69) is 10.5 Å². The van der Waals surface area contributed by atoms with Crippen molar-refractivity contribution in [3.05, 3.63) is 16.9 Å². The molecular formula is C7H13ClN4O2S. The minimum atomic E-state index is -3.14. The van der Waals surface area contributed by atoms with Crippen molar-refractivity contribution in [2.24, 2.45) is 12.9 Å². The summed E-state index contributed by atoms with van der Waals surface area (Å²) in [4.78, 5) is 0. The van der Waals surface area contributed by atoms with Gasteiger partial charge in [0.25, 0.3) is 0 Å². The van der Waals surface area contributed by atoms with E-state index in [0.29, 0.717) is 10.7 Å². The average molecular weight is 253 g/mol. The zero-order chi connectivity index (χ0) is 11.6. The van der Waals surface area contributed by atoms with Crippen LogP contribution in [0.5, 0.6) is 0 Å². The van der Waals surface area contributed by atoms with E-state index in [9.17, 15) is 8.42 Å². The fourth-order valence-corrected chi connectivity index (χ4v) is 2.48. The van der Waals surface area contributed by atoms with Gasteiger partial charge in [0, 0.05) is 13.3 Å². The van der Waals surface area contributed by atoms with Crippen molar-refractivity contribution in [2.75, 3.05) is 12.0 Å². The molecule has 0 fully saturated rings. The third-order valence-electron chi connectivity index (χ3n) is 1.94. The topological polar surface area (TPSA) is 90.0 Å². The molecule has 3 N–H and O–H groups in total. The van der Waals surface area contributed by atoms with E-state index in [-0.39, 0.29) is 5.75 Å². The molecule has 1 unspecified atom stereocenters. The second kappa shape index (κ2) is 4.48. The summed E-state index contributed by atoms with van der Waals surface area (Å²) in [5.74, 6) is 5.17. The Bertz CT molecular complexity index is 422. The number of halogens is 1. The molecule has 1 aromatic heterocycles. The van der Waals surface area contributed by atoms with E-state index in [4.69, 9.17) is 17.4 Å². The van der Waals surface area contributed by atoms with Crippen LogP contribution in [-0.4, -0.2) is 30.2 Å². The number of aromatic nitrogens is 2. The van der Waals surface area contributed by atoms with Crippen molar-refractivity contribution < 1.29 is 8.42 Å². The highest BCUT2D eigenvalue weighted by Gasteiger charge is 2.21. The zero-order valence-corrected chi connectivity index (χ0v) is 10.0. The molecule has 1 heterocycles. The molecule has 0 aliphatic rings. The van der Waals surface area contributed by atoms with Crippen molar-refractivity contribution in [3.8, 4) is 0 Å². The molecular weight excluding hydrogens is 240 g/mol. The first-order valence-corrected chi connectivity index (χ1v) is 6.60. The number of hydrazine groups is 1. The van der Waals surface area contributed by atoms with Gasteiger partial charge in [-0.1, -0.05) is 11.6 Å². The standard InChI is InChI=1S/C7H13ClN4O2S/c1-12-7(5(8)3-10-12)6(11-9)4-15(2,13)14/h3,6,11H,4,9H2,1-2H3. The molecule has 0 aromatic carbocycles. The summed E-state index contributed by atoms with van der Waals surface area (Å²) in [5, 5.41) is 4.30. The van der Waals surface area contributed by atoms with E-state index < -0.39 is 15.9 Å². The van der Waals surface area contributed by atoms with Crippen molar-refractivity contribution >= 4 is 21.4 Å². The number of nitrogens with two attached hydrogens (primary N) is 1. The smallest absolute Gasteiger partial charge is 0.149 e. The SMILES string of the molecule is Cn1ncc(Cl)c1C(CS(C)(=O)=O)NN. The monoisotopic (exact) mass is 252 g/mol. The number of aryl methyl sites for hydroxylation is 1. The Morgan fingerprint density at radius 2 is 2.33 bits per heavy atom. The van der Waals surface area contributed by atoms with Crippen LogP contribution < -0.4 is 11.3 Å². The first-order chi connectivity index (χ1) is 6.85. The van der Waals surface area contributed by atoms with Gasteiger partial charge in [0.2, 0.25) is 0 Å².